The zero-order chi connectivity index (χ0) is 15.9. The molecule has 1 aliphatic rings. The quantitative estimate of drug-likeness (QED) is 0.721. The van der Waals surface area contributed by atoms with Gasteiger partial charge in [0.15, 0.2) is 0 Å². The number of hydrogen-bond acceptors (Lipinski definition) is 4. The lowest BCUT2D eigenvalue weighted by Crippen LogP contribution is -2.43. The van der Waals surface area contributed by atoms with Crippen LogP contribution in [-0.4, -0.2) is 44.2 Å². The summed E-state index contributed by atoms with van der Waals surface area (Å²) in [5.74, 6) is -0.950. The maximum absolute atomic E-state index is 13.0. The van der Waals surface area contributed by atoms with Gasteiger partial charge in [-0.05, 0) is 18.2 Å². The zero-order valence-electron chi connectivity index (χ0n) is 12.4. The molecule has 2 atom stereocenters. The van der Waals surface area contributed by atoms with Crippen molar-refractivity contribution >= 4 is 17.5 Å². The lowest BCUT2D eigenvalue weighted by molar-refractivity contribution is -0.125. The van der Waals surface area contributed by atoms with E-state index in [0.717, 1.165) is 0 Å². The van der Waals surface area contributed by atoms with Crippen molar-refractivity contribution in [2.24, 2.45) is 0 Å². The Kier molecular flexibility index (Phi) is 5.85. The Morgan fingerprint density at radius 1 is 1.32 bits per heavy atom. The summed E-state index contributed by atoms with van der Waals surface area (Å²) in [6.45, 7) is 1.35. The first-order valence-electron chi connectivity index (χ1n) is 7.17. The van der Waals surface area contributed by atoms with E-state index in [1.807, 2.05) is 0 Å². The van der Waals surface area contributed by atoms with Crippen LogP contribution < -0.4 is 16.0 Å². The molecule has 0 aliphatic carbocycles. The van der Waals surface area contributed by atoms with E-state index in [-0.39, 0.29) is 36.8 Å². The molecule has 0 bridgehead atoms. The van der Waals surface area contributed by atoms with E-state index in [9.17, 15) is 14.0 Å². The molecule has 0 radical (unpaired) electrons. The number of methoxy groups -OCH3 is 1. The Balaban J connectivity index is 1.72. The molecule has 1 fully saturated rings. The van der Waals surface area contributed by atoms with E-state index >= 15 is 0 Å². The Morgan fingerprint density at radius 3 is 2.82 bits per heavy atom. The first-order chi connectivity index (χ1) is 10.6. The van der Waals surface area contributed by atoms with Gasteiger partial charge < -0.3 is 20.7 Å². The Labute approximate surface area is 128 Å². The normalized spacial score (nSPS) is 20.6. The summed E-state index contributed by atoms with van der Waals surface area (Å²) in [4.78, 5) is 23.6. The van der Waals surface area contributed by atoms with Gasteiger partial charge in [-0.1, -0.05) is 6.07 Å². The molecule has 0 saturated carbocycles. The summed E-state index contributed by atoms with van der Waals surface area (Å²) in [6, 6.07) is 5.55. The Morgan fingerprint density at radius 2 is 2.09 bits per heavy atom. The molecule has 6 nitrogen and oxygen atoms in total. The van der Waals surface area contributed by atoms with Crippen LogP contribution >= 0.6 is 0 Å². The van der Waals surface area contributed by atoms with Gasteiger partial charge in [0.2, 0.25) is 11.8 Å². The van der Waals surface area contributed by atoms with E-state index in [1.54, 1.807) is 13.2 Å². The van der Waals surface area contributed by atoms with Crippen LogP contribution in [0.25, 0.3) is 0 Å². The van der Waals surface area contributed by atoms with Crippen LogP contribution in [0.5, 0.6) is 0 Å². The van der Waals surface area contributed by atoms with Gasteiger partial charge in [-0.25, -0.2) is 4.39 Å². The summed E-state index contributed by atoms with van der Waals surface area (Å²) >= 11 is 0. The topological polar surface area (TPSA) is 79.5 Å². The largest absolute Gasteiger partial charge is 0.378 e. The Bertz CT molecular complexity index is 539. The van der Waals surface area contributed by atoms with Crippen molar-refractivity contribution in [2.45, 2.75) is 25.0 Å². The first-order valence-corrected chi connectivity index (χ1v) is 7.17. The van der Waals surface area contributed by atoms with Crippen LogP contribution in [0.15, 0.2) is 24.3 Å². The maximum Gasteiger partial charge on any atom is 0.224 e. The van der Waals surface area contributed by atoms with Crippen molar-refractivity contribution < 1.29 is 18.7 Å². The number of amides is 2. The van der Waals surface area contributed by atoms with E-state index < -0.39 is 5.82 Å². The van der Waals surface area contributed by atoms with E-state index in [0.29, 0.717) is 18.8 Å². The van der Waals surface area contributed by atoms with E-state index in [4.69, 9.17) is 4.74 Å². The molecule has 1 aliphatic heterocycles. The maximum atomic E-state index is 13.0. The predicted molar refractivity (Wildman–Crippen MR) is 79.9 cm³/mol. The van der Waals surface area contributed by atoms with Crippen LogP contribution in [0.1, 0.15) is 12.8 Å². The van der Waals surface area contributed by atoms with Gasteiger partial charge in [0.05, 0.1) is 12.1 Å². The van der Waals surface area contributed by atoms with Gasteiger partial charge in [0.1, 0.15) is 5.82 Å². The molecule has 0 unspecified atom stereocenters. The smallest absolute Gasteiger partial charge is 0.224 e. The van der Waals surface area contributed by atoms with Crippen molar-refractivity contribution in [1.82, 2.24) is 10.6 Å². The van der Waals surface area contributed by atoms with Gasteiger partial charge in [0.25, 0.3) is 0 Å². The van der Waals surface area contributed by atoms with Crippen LogP contribution in [0.3, 0.4) is 0 Å². The van der Waals surface area contributed by atoms with Crippen molar-refractivity contribution in [1.29, 1.82) is 0 Å². The molecule has 1 heterocycles. The fourth-order valence-electron chi connectivity index (χ4n) is 2.34. The predicted octanol–water partition coefficient (Wildman–Crippen LogP) is 0.647. The van der Waals surface area contributed by atoms with Gasteiger partial charge in [-0.15, -0.1) is 0 Å². The molecular weight excluding hydrogens is 289 g/mol. The molecule has 3 N–H and O–H groups in total. The van der Waals surface area contributed by atoms with Crippen LogP contribution in [0.4, 0.5) is 10.1 Å². The zero-order valence-corrected chi connectivity index (χ0v) is 12.4. The van der Waals surface area contributed by atoms with Crippen LogP contribution in [-0.2, 0) is 14.3 Å². The minimum Gasteiger partial charge on any atom is -0.378 e. The molecule has 120 valence electrons. The molecule has 0 aromatic heterocycles. The number of nitrogens with one attached hydrogen (secondary N) is 3. The molecule has 0 spiro atoms. The van der Waals surface area contributed by atoms with Crippen molar-refractivity contribution in [2.75, 3.05) is 25.5 Å². The lowest BCUT2D eigenvalue weighted by Gasteiger charge is -2.18. The average Bonchev–Trinajstić information content (AvgIpc) is 2.92. The molecule has 2 amide bonds. The third kappa shape index (κ3) is 4.78. The molecule has 7 heteroatoms. The third-order valence-corrected chi connectivity index (χ3v) is 3.50. The summed E-state index contributed by atoms with van der Waals surface area (Å²) in [5, 5.41) is 8.52. The Hall–Kier alpha value is -1.99. The van der Waals surface area contributed by atoms with Gasteiger partial charge >= 0.3 is 0 Å². The number of carbonyl (C=O) groups excluding carboxylic acids is 2. The molecule has 1 aromatic carbocycles. The summed E-state index contributed by atoms with van der Waals surface area (Å²) in [5.41, 5.74) is 0.379. The highest BCUT2D eigenvalue weighted by Gasteiger charge is 2.28. The number of carbonyl (C=O) groups is 2. The second-order valence-corrected chi connectivity index (χ2v) is 5.16. The average molecular weight is 309 g/mol. The number of halogens is 1. The van der Waals surface area contributed by atoms with E-state index in [1.165, 1.54) is 18.2 Å². The van der Waals surface area contributed by atoms with Crippen molar-refractivity contribution in [3.05, 3.63) is 30.1 Å². The number of rotatable bonds is 6. The van der Waals surface area contributed by atoms with Crippen LogP contribution in [0, 0.1) is 5.82 Å². The molecule has 1 aromatic rings. The standard InChI is InChI=1S/C15H20FN3O3/c1-22-13-9-17-8-12(13)19-15(21)6-5-14(20)18-11-4-2-3-10(16)7-11/h2-4,7,12-13,17H,5-6,8-9H2,1H3,(H,18,20)(H,19,21)/t12-,13-/m0/s1. The molecule has 2 rings (SSSR count). The number of anilines is 1. The summed E-state index contributed by atoms with van der Waals surface area (Å²) < 4.78 is 18.2. The van der Waals surface area contributed by atoms with Gasteiger partial charge in [-0.2, -0.15) is 0 Å². The SMILES string of the molecule is CO[C@H]1CNC[C@@H]1NC(=O)CCC(=O)Nc1cccc(F)c1. The summed E-state index contributed by atoms with van der Waals surface area (Å²) in [6.07, 6.45) is 0.0684. The number of ether oxygens (including phenoxy) is 1. The van der Waals surface area contributed by atoms with E-state index in [2.05, 4.69) is 16.0 Å². The lowest BCUT2D eigenvalue weighted by atomic mass is 10.2. The highest BCUT2D eigenvalue weighted by atomic mass is 19.1. The number of benzene rings is 1. The second-order valence-electron chi connectivity index (χ2n) is 5.16. The van der Waals surface area contributed by atoms with Gasteiger partial charge in [0, 0.05) is 38.7 Å². The van der Waals surface area contributed by atoms with Crippen molar-refractivity contribution in [3.63, 3.8) is 0 Å². The second kappa shape index (κ2) is 7.86. The fraction of sp³-hybridized carbons (Fsp3) is 0.467. The third-order valence-electron chi connectivity index (χ3n) is 3.50. The first kappa shape index (κ1) is 16.4. The minimum absolute atomic E-state index is 0.0418. The van der Waals surface area contributed by atoms with Crippen molar-refractivity contribution in [3.8, 4) is 0 Å². The molecule has 1 saturated heterocycles. The summed E-state index contributed by atoms with van der Waals surface area (Å²) in [7, 11) is 1.60. The monoisotopic (exact) mass is 309 g/mol. The molecular formula is C15H20FN3O3. The van der Waals surface area contributed by atoms with Crippen LogP contribution in [0.2, 0.25) is 0 Å². The van der Waals surface area contributed by atoms with Gasteiger partial charge in [-0.3, -0.25) is 9.59 Å². The molecule has 22 heavy (non-hydrogen) atoms. The highest BCUT2D eigenvalue weighted by Crippen LogP contribution is 2.10. The fourth-order valence-corrected chi connectivity index (χ4v) is 2.34. The highest BCUT2D eigenvalue weighted by molar-refractivity contribution is 5.93. The minimum atomic E-state index is -0.421. The number of hydrogen-bond donors (Lipinski definition) is 3.